The van der Waals surface area contributed by atoms with E-state index < -0.39 is 0 Å². The minimum atomic E-state index is -0.204. The Balaban J connectivity index is 0.00000256. The largest absolute Gasteiger partial charge is 0.368 e. The molecule has 1 aliphatic heterocycles. The molecule has 1 fully saturated rings. The standard InChI is InChI=1S/C21H24FN7.HI/c1-23-21(24-14-16-3-2-4-17(13-16)20-25-15-26-27-20)29-11-9-28(10-12-29)19-7-5-18(22)6-8-19;/h2-8,13,15H,9-12,14H2,1H3,(H,23,24)(H,25,26,27);1H. The van der Waals surface area contributed by atoms with E-state index in [0.29, 0.717) is 6.54 Å². The molecular formula is C21H25FIN7. The van der Waals surface area contributed by atoms with E-state index in [-0.39, 0.29) is 29.8 Å². The summed E-state index contributed by atoms with van der Waals surface area (Å²) in [4.78, 5) is 13.2. The number of H-pyrrole nitrogens is 1. The smallest absolute Gasteiger partial charge is 0.194 e. The van der Waals surface area contributed by atoms with Crippen LogP contribution < -0.4 is 10.2 Å². The van der Waals surface area contributed by atoms with Crippen LogP contribution in [0.25, 0.3) is 11.4 Å². The molecular weight excluding hydrogens is 496 g/mol. The summed E-state index contributed by atoms with van der Waals surface area (Å²) in [6.07, 6.45) is 1.51. The molecule has 0 saturated carbocycles. The zero-order chi connectivity index (χ0) is 20.1. The van der Waals surface area contributed by atoms with Crippen LogP contribution in [0.1, 0.15) is 5.56 Å². The van der Waals surface area contributed by atoms with Gasteiger partial charge in [-0.15, -0.1) is 24.0 Å². The van der Waals surface area contributed by atoms with Gasteiger partial charge in [0, 0.05) is 51.0 Å². The van der Waals surface area contributed by atoms with E-state index in [1.165, 1.54) is 18.5 Å². The molecule has 7 nitrogen and oxygen atoms in total. The Morgan fingerprint density at radius 2 is 1.90 bits per heavy atom. The van der Waals surface area contributed by atoms with E-state index in [2.05, 4.69) is 47.4 Å². The number of hydrogen-bond acceptors (Lipinski definition) is 4. The minimum absolute atomic E-state index is 0. The predicted molar refractivity (Wildman–Crippen MR) is 128 cm³/mol. The summed E-state index contributed by atoms with van der Waals surface area (Å²) in [5.41, 5.74) is 3.20. The first-order valence-corrected chi connectivity index (χ1v) is 9.64. The number of hydrogen-bond donors (Lipinski definition) is 2. The molecule has 0 radical (unpaired) electrons. The van der Waals surface area contributed by atoms with Gasteiger partial charge in [0.15, 0.2) is 11.8 Å². The summed E-state index contributed by atoms with van der Waals surface area (Å²) in [5, 5.41) is 10.3. The highest BCUT2D eigenvalue weighted by Gasteiger charge is 2.19. The summed E-state index contributed by atoms with van der Waals surface area (Å²) in [7, 11) is 1.81. The molecule has 2 heterocycles. The fourth-order valence-corrected chi connectivity index (χ4v) is 3.51. The molecule has 0 atom stereocenters. The molecule has 1 aliphatic rings. The lowest BCUT2D eigenvalue weighted by molar-refractivity contribution is 0.372. The average Bonchev–Trinajstić information content (AvgIpc) is 3.31. The Kier molecular flexibility index (Phi) is 7.61. The Bertz CT molecular complexity index is 952. The highest BCUT2D eigenvalue weighted by molar-refractivity contribution is 14.0. The normalized spacial score (nSPS) is 14.4. The van der Waals surface area contributed by atoms with Gasteiger partial charge < -0.3 is 15.1 Å². The molecule has 0 spiro atoms. The second kappa shape index (κ2) is 10.4. The summed E-state index contributed by atoms with van der Waals surface area (Å²) in [5.74, 6) is 1.44. The van der Waals surface area contributed by atoms with Crippen LogP contribution in [-0.4, -0.2) is 59.3 Å². The van der Waals surface area contributed by atoms with Gasteiger partial charge in [-0.05, 0) is 35.9 Å². The number of aliphatic imine (C=N–C) groups is 1. The van der Waals surface area contributed by atoms with Crippen molar-refractivity contribution in [3.05, 3.63) is 66.2 Å². The lowest BCUT2D eigenvalue weighted by atomic mass is 10.1. The maximum Gasteiger partial charge on any atom is 0.194 e. The van der Waals surface area contributed by atoms with Crippen LogP contribution in [-0.2, 0) is 6.54 Å². The fourth-order valence-electron chi connectivity index (χ4n) is 3.51. The van der Waals surface area contributed by atoms with E-state index in [4.69, 9.17) is 0 Å². The number of aromatic nitrogens is 3. The maximum atomic E-state index is 13.1. The second-order valence-corrected chi connectivity index (χ2v) is 6.89. The number of benzene rings is 2. The van der Waals surface area contributed by atoms with Gasteiger partial charge >= 0.3 is 0 Å². The van der Waals surface area contributed by atoms with E-state index in [9.17, 15) is 4.39 Å². The summed E-state index contributed by atoms with van der Waals surface area (Å²) >= 11 is 0. The van der Waals surface area contributed by atoms with Gasteiger partial charge in [0.25, 0.3) is 0 Å². The van der Waals surface area contributed by atoms with Crippen LogP contribution in [0.4, 0.5) is 10.1 Å². The summed E-state index contributed by atoms with van der Waals surface area (Å²) < 4.78 is 13.1. The van der Waals surface area contributed by atoms with Crippen molar-refractivity contribution in [2.75, 3.05) is 38.1 Å². The fraction of sp³-hybridized carbons (Fsp3) is 0.286. The van der Waals surface area contributed by atoms with Crippen molar-refractivity contribution in [3.8, 4) is 11.4 Å². The predicted octanol–water partition coefficient (Wildman–Crippen LogP) is 3.13. The number of piperazine rings is 1. The third-order valence-electron chi connectivity index (χ3n) is 5.05. The van der Waals surface area contributed by atoms with Crippen molar-refractivity contribution < 1.29 is 4.39 Å². The third-order valence-corrected chi connectivity index (χ3v) is 5.05. The molecule has 2 N–H and O–H groups in total. The molecule has 2 aromatic carbocycles. The van der Waals surface area contributed by atoms with Gasteiger partial charge in [-0.1, -0.05) is 18.2 Å². The summed E-state index contributed by atoms with van der Waals surface area (Å²) in [6.45, 7) is 4.12. The van der Waals surface area contributed by atoms with E-state index >= 15 is 0 Å². The number of guanidine groups is 1. The second-order valence-electron chi connectivity index (χ2n) is 6.89. The SMILES string of the molecule is CN=C(NCc1cccc(-c2ncn[nH]2)c1)N1CCN(c2ccc(F)cc2)CC1.I. The third kappa shape index (κ3) is 5.26. The monoisotopic (exact) mass is 521 g/mol. The number of rotatable bonds is 4. The van der Waals surface area contributed by atoms with Crippen molar-refractivity contribution in [2.45, 2.75) is 6.54 Å². The molecule has 30 heavy (non-hydrogen) atoms. The maximum absolute atomic E-state index is 13.1. The molecule has 1 aromatic heterocycles. The van der Waals surface area contributed by atoms with Crippen LogP contribution in [0, 0.1) is 5.82 Å². The Hall–Kier alpha value is -2.69. The van der Waals surface area contributed by atoms with Crippen LogP contribution in [0.5, 0.6) is 0 Å². The van der Waals surface area contributed by atoms with Gasteiger partial charge in [0.1, 0.15) is 12.1 Å². The molecule has 0 aliphatic carbocycles. The van der Waals surface area contributed by atoms with E-state index in [1.54, 1.807) is 7.05 Å². The van der Waals surface area contributed by atoms with Gasteiger partial charge in [-0.2, -0.15) is 5.10 Å². The highest BCUT2D eigenvalue weighted by atomic mass is 127. The van der Waals surface area contributed by atoms with Gasteiger partial charge in [0.05, 0.1) is 0 Å². The molecule has 3 aromatic rings. The first-order chi connectivity index (χ1) is 14.2. The highest BCUT2D eigenvalue weighted by Crippen LogP contribution is 2.18. The summed E-state index contributed by atoms with van der Waals surface area (Å²) in [6, 6.07) is 14.9. The topological polar surface area (TPSA) is 72.4 Å². The van der Waals surface area contributed by atoms with Crippen LogP contribution >= 0.6 is 24.0 Å². The number of anilines is 1. The van der Waals surface area contributed by atoms with Crippen LogP contribution in [0.2, 0.25) is 0 Å². The number of halogens is 2. The molecule has 1 saturated heterocycles. The lowest BCUT2D eigenvalue weighted by Crippen LogP contribution is -2.52. The van der Waals surface area contributed by atoms with Gasteiger partial charge in [0.2, 0.25) is 0 Å². The van der Waals surface area contributed by atoms with Crippen LogP contribution in [0.3, 0.4) is 0 Å². The first-order valence-electron chi connectivity index (χ1n) is 9.64. The van der Waals surface area contributed by atoms with Gasteiger partial charge in [-0.3, -0.25) is 10.1 Å². The average molecular weight is 521 g/mol. The van der Waals surface area contributed by atoms with Gasteiger partial charge in [-0.25, -0.2) is 9.37 Å². The molecule has 0 bridgehead atoms. The molecule has 158 valence electrons. The van der Waals surface area contributed by atoms with Crippen molar-refractivity contribution in [2.24, 2.45) is 4.99 Å². The van der Waals surface area contributed by atoms with Crippen molar-refractivity contribution in [1.29, 1.82) is 0 Å². The Labute approximate surface area is 192 Å². The molecule has 0 amide bonds. The van der Waals surface area contributed by atoms with Crippen molar-refractivity contribution in [1.82, 2.24) is 25.4 Å². The number of nitrogens with zero attached hydrogens (tertiary/aromatic N) is 5. The van der Waals surface area contributed by atoms with Crippen LogP contribution in [0.15, 0.2) is 59.9 Å². The quantitative estimate of drug-likeness (QED) is 0.314. The number of aromatic amines is 1. The zero-order valence-corrected chi connectivity index (χ0v) is 19.1. The molecule has 4 rings (SSSR count). The molecule has 0 unspecified atom stereocenters. The minimum Gasteiger partial charge on any atom is -0.368 e. The van der Waals surface area contributed by atoms with E-state index in [0.717, 1.165) is 54.8 Å². The number of nitrogens with one attached hydrogen (secondary N) is 2. The lowest BCUT2D eigenvalue weighted by Gasteiger charge is -2.37. The first kappa shape index (κ1) is 22.0. The zero-order valence-electron chi connectivity index (χ0n) is 16.8. The van der Waals surface area contributed by atoms with Crippen molar-refractivity contribution in [3.63, 3.8) is 0 Å². The van der Waals surface area contributed by atoms with E-state index in [1.807, 2.05) is 24.3 Å². The van der Waals surface area contributed by atoms with Crippen molar-refractivity contribution >= 4 is 35.6 Å². The Morgan fingerprint density at radius 3 is 2.57 bits per heavy atom. The molecule has 9 heteroatoms. The Morgan fingerprint density at radius 1 is 1.13 bits per heavy atom.